The fourth-order valence-corrected chi connectivity index (χ4v) is 3.96. The molecule has 6 heteroatoms. The maximum absolute atomic E-state index is 15.0. The molecule has 136 valence electrons. The summed E-state index contributed by atoms with van der Waals surface area (Å²) in [6, 6.07) is 1.20. The molecule has 4 N–H and O–H groups in total. The van der Waals surface area contributed by atoms with E-state index >= 15 is 0 Å². The Morgan fingerprint density at radius 3 is 2.73 bits per heavy atom. The number of carbonyl (C=O) groups excluding carboxylic acids is 2. The topological polar surface area (TPSA) is 88.0 Å². The Morgan fingerprint density at radius 1 is 1.35 bits per heavy atom. The number of benzene rings is 1. The molecule has 1 saturated carbocycles. The highest BCUT2D eigenvalue weighted by atomic mass is 19.1. The average Bonchev–Trinajstić information content (AvgIpc) is 3.13. The standard InChI is InChI=1S/C20H22FN3O2/c1-4-5-16(25)24-13-7-6-12(8-13)18-15(21)9-14(20(22)26)19-17(18)10(2)11(3)23-19/h9,12-13,23H,6-8H2,1-3H3,(H2,22,26)(H,24,25)/t12?,13-/m0/s1. The van der Waals surface area contributed by atoms with Crippen LogP contribution in [-0.4, -0.2) is 22.8 Å². The highest BCUT2D eigenvalue weighted by Crippen LogP contribution is 2.41. The first-order valence-corrected chi connectivity index (χ1v) is 8.67. The number of halogens is 1. The summed E-state index contributed by atoms with van der Waals surface area (Å²) in [6.07, 6.45) is 2.17. The molecule has 2 aromatic rings. The second kappa shape index (κ2) is 6.83. The lowest BCUT2D eigenvalue weighted by Gasteiger charge is -2.16. The predicted molar refractivity (Wildman–Crippen MR) is 98.2 cm³/mol. The van der Waals surface area contributed by atoms with Gasteiger partial charge in [0.25, 0.3) is 11.8 Å². The summed E-state index contributed by atoms with van der Waals surface area (Å²) in [4.78, 5) is 26.6. The molecule has 0 spiro atoms. The van der Waals surface area contributed by atoms with Gasteiger partial charge < -0.3 is 16.0 Å². The molecule has 26 heavy (non-hydrogen) atoms. The van der Waals surface area contributed by atoms with E-state index in [1.54, 1.807) is 6.92 Å². The number of primary amides is 1. The first kappa shape index (κ1) is 18.0. The van der Waals surface area contributed by atoms with E-state index in [2.05, 4.69) is 22.1 Å². The molecule has 3 rings (SSSR count). The molecular weight excluding hydrogens is 333 g/mol. The molecule has 1 aliphatic carbocycles. The minimum atomic E-state index is -0.656. The molecule has 1 aromatic carbocycles. The van der Waals surface area contributed by atoms with Crippen molar-refractivity contribution in [1.82, 2.24) is 10.3 Å². The Hall–Kier alpha value is -2.81. The van der Waals surface area contributed by atoms with Gasteiger partial charge in [0.15, 0.2) is 0 Å². The van der Waals surface area contributed by atoms with E-state index < -0.39 is 11.7 Å². The molecule has 1 aliphatic rings. The molecule has 0 aliphatic heterocycles. The van der Waals surface area contributed by atoms with Crippen LogP contribution in [0.3, 0.4) is 0 Å². The number of fused-ring (bicyclic) bond motifs is 1. The molecule has 0 radical (unpaired) electrons. The van der Waals surface area contributed by atoms with Gasteiger partial charge in [0.2, 0.25) is 0 Å². The van der Waals surface area contributed by atoms with E-state index in [0.717, 1.165) is 29.5 Å². The molecule has 0 bridgehead atoms. The summed E-state index contributed by atoms with van der Waals surface area (Å²) in [7, 11) is 0. The first-order valence-electron chi connectivity index (χ1n) is 8.67. The maximum Gasteiger partial charge on any atom is 0.296 e. The zero-order valence-corrected chi connectivity index (χ0v) is 15.1. The highest BCUT2D eigenvalue weighted by Gasteiger charge is 2.32. The van der Waals surface area contributed by atoms with Gasteiger partial charge in [-0.2, -0.15) is 0 Å². The van der Waals surface area contributed by atoms with Crippen LogP contribution in [0.4, 0.5) is 4.39 Å². The summed E-state index contributed by atoms with van der Waals surface area (Å²) in [5.41, 5.74) is 8.59. The van der Waals surface area contributed by atoms with Crippen molar-refractivity contribution in [3.8, 4) is 11.8 Å². The molecule has 2 atom stereocenters. The number of nitrogens with one attached hydrogen (secondary N) is 2. The number of amides is 2. The smallest absolute Gasteiger partial charge is 0.296 e. The van der Waals surface area contributed by atoms with Gasteiger partial charge in [-0.3, -0.25) is 9.59 Å². The average molecular weight is 355 g/mol. The lowest BCUT2D eigenvalue weighted by Crippen LogP contribution is -2.31. The Labute approximate surface area is 151 Å². The summed E-state index contributed by atoms with van der Waals surface area (Å²) in [5, 5.41) is 3.62. The molecule has 1 aromatic heterocycles. The fourth-order valence-electron chi connectivity index (χ4n) is 3.96. The summed E-state index contributed by atoms with van der Waals surface area (Å²) >= 11 is 0. The zero-order chi connectivity index (χ0) is 19.0. The first-order chi connectivity index (χ1) is 12.3. The van der Waals surface area contributed by atoms with E-state index in [4.69, 9.17) is 5.73 Å². The number of aryl methyl sites for hydroxylation is 2. The van der Waals surface area contributed by atoms with Crippen LogP contribution in [0, 0.1) is 31.5 Å². The second-order valence-electron chi connectivity index (χ2n) is 6.86. The Balaban J connectivity index is 2.02. The van der Waals surface area contributed by atoms with Gasteiger partial charge in [-0.15, -0.1) is 0 Å². The highest BCUT2D eigenvalue weighted by molar-refractivity contribution is 6.07. The SMILES string of the molecule is CC#CC(=O)N[C@H]1CCC(c2c(F)cc(C(N)=O)c3[nH]c(C)c(C)c23)C1. The van der Waals surface area contributed by atoms with Crippen LogP contribution in [0.2, 0.25) is 0 Å². The van der Waals surface area contributed by atoms with Crippen molar-refractivity contribution >= 4 is 22.7 Å². The van der Waals surface area contributed by atoms with Gasteiger partial charge in [0.1, 0.15) is 5.82 Å². The number of aromatic amines is 1. The molecule has 0 saturated heterocycles. The molecular formula is C20H22FN3O2. The summed E-state index contributed by atoms with van der Waals surface area (Å²) < 4.78 is 15.0. The van der Waals surface area contributed by atoms with Crippen LogP contribution in [-0.2, 0) is 4.79 Å². The molecule has 5 nitrogen and oxygen atoms in total. The number of hydrogen-bond donors (Lipinski definition) is 3. The fraction of sp³-hybridized carbons (Fsp3) is 0.400. The molecule has 1 fully saturated rings. The third kappa shape index (κ3) is 3.05. The Morgan fingerprint density at radius 2 is 2.08 bits per heavy atom. The number of H-pyrrole nitrogens is 1. The van der Waals surface area contributed by atoms with E-state index in [0.29, 0.717) is 17.5 Å². The van der Waals surface area contributed by atoms with Gasteiger partial charge in [0.05, 0.1) is 11.1 Å². The molecule has 2 amide bonds. The lowest BCUT2D eigenvalue weighted by molar-refractivity contribution is -0.116. The van der Waals surface area contributed by atoms with Crippen LogP contribution >= 0.6 is 0 Å². The normalized spacial score (nSPS) is 19.2. The van der Waals surface area contributed by atoms with Crippen molar-refractivity contribution < 1.29 is 14.0 Å². The van der Waals surface area contributed by atoms with E-state index in [9.17, 15) is 14.0 Å². The van der Waals surface area contributed by atoms with Crippen molar-refractivity contribution in [1.29, 1.82) is 0 Å². The van der Waals surface area contributed by atoms with Gasteiger partial charge >= 0.3 is 0 Å². The van der Waals surface area contributed by atoms with E-state index in [-0.39, 0.29) is 23.4 Å². The van der Waals surface area contributed by atoms with Gasteiger partial charge in [0, 0.05) is 22.7 Å². The third-order valence-electron chi connectivity index (χ3n) is 5.25. The Kier molecular flexibility index (Phi) is 4.73. The Bertz CT molecular complexity index is 965. The number of rotatable bonds is 3. The molecule has 1 heterocycles. The monoisotopic (exact) mass is 355 g/mol. The predicted octanol–water partition coefficient (Wildman–Crippen LogP) is 2.80. The van der Waals surface area contributed by atoms with Crippen LogP contribution in [0.1, 0.15) is 59.3 Å². The maximum atomic E-state index is 15.0. The number of aromatic nitrogens is 1. The van der Waals surface area contributed by atoms with Crippen LogP contribution < -0.4 is 11.1 Å². The van der Waals surface area contributed by atoms with Crippen LogP contribution in [0.25, 0.3) is 10.9 Å². The van der Waals surface area contributed by atoms with Gasteiger partial charge in [-0.1, -0.05) is 5.92 Å². The summed E-state index contributed by atoms with van der Waals surface area (Å²) in [6.45, 7) is 5.41. The van der Waals surface area contributed by atoms with Crippen molar-refractivity contribution in [3.63, 3.8) is 0 Å². The summed E-state index contributed by atoms with van der Waals surface area (Å²) in [5.74, 6) is 3.63. The minimum absolute atomic E-state index is 0.0287. The van der Waals surface area contributed by atoms with Crippen molar-refractivity contribution in [2.45, 2.75) is 52.0 Å². The quantitative estimate of drug-likeness (QED) is 0.739. The number of nitrogens with two attached hydrogens (primary N) is 1. The zero-order valence-electron chi connectivity index (χ0n) is 15.1. The van der Waals surface area contributed by atoms with Gasteiger partial charge in [-0.05, 0) is 63.5 Å². The van der Waals surface area contributed by atoms with Crippen LogP contribution in [0.15, 0.2) is 6.07 Å². The lowest BCUT2D eigenvalue weighted by atomic mass is 9.90. The largest absolute Gasteiger partial charge is 0.366 e. The van der Waals surface area contributed by atoms with Gasteiger partial charge in [-0.25, -0.2) is 4.39 Å². The van der Waals surface area contributed by atoms with Crippen molar-refractivity contribution in [2.75, 3.05) is 0 Å². The third-order valence-corrected chi connectivity index (χ3v) is 5.25. The molecule has 1 unspecified atom stereocenters. The van der Waals surface area contributed by atoms with Crippen LogP contribution in [0.5, 0.6) is 0 Å². The number of hydrogen-bond acceptors (Lipinski definition) is 2. The minimum Gasteiger partial charge on any atom is -0.366 e. The van der Waals surface area contributed by atoms with Crippen molar-refractivity contribution in [3.05, 3.63) is 34.3 Å². The second-order valence-corrected chi connectivity index (χ2v) is 6.86. The number of carbonyl (C=O) groups is 2. The van der Waals surface area contributed by atoms with E-state index in [1.165, 1.54) is 6.07 Å². The van der Waals surface area contributed by atoms with Crippen molar-refractivity contribution in [2.24, 2.45) is 5.73 Å². The van der Waals surface area contributed by atoms with E-state index in [1.807, 2.05) is 13.8 Å².